The molecule has 0 fully saturated rings. The molecule has 0 spiro atoms. The zero-order valence-electron chi connectivity index (χ0n) is 18.3. The van der Waals surface area contributed by atoms with Gasteiger partial charge < -0.3 is 10.1 Å². The maximum atomic E-state index is 12.3. The molecule has 3 aromatic carbocycles. The normalized spacial score (nSPS) is 11.4. The summed E-state index contributed by atoms with van der Waals surface area (Å²) >= 11 is 5.26. The Morgan fingerprint density at radius 3 is 2.43 bits per heavy atom. The van der Waals surface area contributed by atoms with Crippen LogP contribution in [0.3, 0.4) is 0 Å². The molecule has 0 aliphatic carbocycles. The minimum Gasteiger partial charge on any atom is -0.406 e. The number of hydrogen-bond donors (Lipinski definition) is 2. The van der Waals surface area contributed by atoms with Gasteiger partial charge in [-0.25, -0.2) is 9.67 Å². The topological polar surface area (TPSA) is 76.4 Å². The van der Waals surface area contributed by atoms with Crippen LogP contribution in [0.2, 0.25) is 0 Å². The molecule has 0 unspecified atom stereocenters. The first-order valence-corrected chi connectivity index (χ1v) is 10.7. The molecule has 7 nitrogen and oxygen atoms in total. The summed E-state index contributed by atoms with van der Waals surface area (Å²) in [5, 5.41) is 12.0. The number of para-hydroxylation sites is 1. The zero-order valence-corrected chi connectivity index (χ0v) is 19.1. The molecular formula is C24H19F3N6OS. The summed E-state index contributed by atoms with van der Waals surface area (Å²) in [7, 11) is 0. The average Bonchev–Trinajstić information content (AvgIpc) is 3.31. The van der Waals surface area contributed by atoms with Crippen LogP contribution in [0.25, 0.3) is 17.1 Å². The van der Waals surface area contributed by atoms with E-state index in [0.29, 0.717) is 16.6 Å². The van der Waals surface area contributed by atoms with Gasteiger partial charge in [0.2, 0.25) is 0 Å². The van der Waals surface area contributed by atoms with Gasteiger partial charge in [0.15, 0.2) is 10.9 Å². The molecule has 1 aromatic heterocycles. The molecule has 0 bridgehead atoms. The number of alkyl halides is 3. The van der Waals surface area contributed by atoms with Crippen molar-refractivity contribution in [1.29, 1.82) is 0 Å². The van der Waals surface area contributed by atoms with Crippen molar-refractivity contribution < 1.29 is 17.9 Å². The van der Waals surface area contributed by atoms with E-state index in [4.69, 9.17) is 12.2 Å². The van der Waals surface area contributed by atoms with Gasteiger partial charge in [-0.1, -0.05) is 42.5 Å². The van der Waals surface area contributed by atoms with Gasteiger partial charge in [0.1, 0.15) is 12.1 Å². The van der Waals surface area contributed by atoms with Crippen molar-refractivity contribution in [2.75, 3.05) is 5.32 Å². The highest BCUT2D eigenvalue weighted by molar-refractivity contribution is 7.80. The predicted octanol–water partition coefficient (Wildman–Crippen LogP) is 5.46. The summed E-state index contributed by atoms with van der Waals surface area (Å²) in [4.78, 5) is 4.28. The molecule has 35 heavy (non-hydrogen) atoms. The number of nitrogens with one attached hydrogen (secondary N) is 2. The Kier molecular flexibility index (Phi) is 7.06. The van der Waals surface area contributed by atoms with E-state index in [1.54, 1.807) is 6.21 Å². The highest BCUT2D eigenvalue weighted by atomic mass is 32.1. The molecular weight excluding hydrogens is 477 g/mol. The number of benzene rings is 3. The molecule has 178 valence electrons. The molecule has 0 aliphatic heterocycles. The van der Waals surface area contributed by atoms with Gasteiger partial charge in [-0.2, -0.15) is 5.10 Å². The molecule has 4 rings (SSSR count). The van der Waals surface area contributed by atoms with E-state index < -0.39 is 6.36 Å². The third-order valence-electron chi connectivity index (χ3n) is 4.77. The summed E-state index contributed by atoms with van der Waals surface area (Å²) in [5.41, 5.74) is 6.90. The highest BCUT2D eigenvalue weighted by Gasteiger charge is 2.31. The van der Waals surface area contributed by atoms with Gasteiger partial charge >= 0.3 is 6.36 Å². The molecule has 0 amide bonds. The molecule has 0 saturated heterocycles. The van der Waals surface area contributed by atoms with Crippen molar-refractivity contribution in [2.45, 2.75) is 13.3 Å². The lowest BCUT2D eigenvalue weighted by Gasteiger charge is -2.09. The number of thiocarbonyl (C=S) groups is 1. The van der Waals surface area contributed by atoms with Crippen molar-refractivity contribution in [2.24, 2.45) is 5.10 Å². The average molecular weight is 497 g/mol. The standard InChI is InChI=1S/C24H19F3N6OS/c1-16-4-2-3-5-21(16)30-23(35)31-29-14-17-6-8-18(9-7-17)22-28-15-33(32-22)19-10-12-20(13-11-19)34-24(25,26)27/h2-15H,1H3,(H2,30,31,35). The second-order valence-electron chi connectivity index (χ2n) is 7.32. The number of hydrogen-bond acceptors (Lipinski definition) is 5. The fraction of sp³-hybridized carbons (Fsp3) is 0.0833. The van der Waals surface area contributed by atoms with Crippen LogP contribution in [0.5, 0.6) is 5.75 Å². The van der Waals surface area contributed by atoms with Crippen LogP contribution >= 0.6 is 12.2 Å². The molecule has 4 aromatic rings. The second-order valence-corrected chi connectivity index (χ2v) is 7.72. The van der Waals surface area contributed by atoms with E-state index in [-0.39, 0.29) is 5.75 Å². The third-order valence-corrected chi connectivity index (χ3v) is 4.96. The SMILES string of the molecule is Cc1ccccc1NC(=S)NN=Cc1ccc(-c2ncn(-c3ccc(OC(F)(F)F)cc3)n2)cc1. The van der Waals surface area contributed by atoms with Gasteiger partial charge in [-0.15, -0.1) is 18.3 Å². The fourth-order valence-corrected chi connectivity index (χ4v) is 3.23. The van der Waals surface area contributed by atoms with Crippen molar-refractivity contribution in [3.63, 3.8) is 0 Å². The number of ether oxygens (including phenoxy) is 1. The molecule has 1 heterocycles. The van der Waals surface area contributed by atoms with E-state index in [2.05, 4.69) is 30.7 Å². The van der Waals surface area contributed by atoms with Crippen molar-refractivity contribution >= 4 is 29.2 Å². The number of rotatable bonds is 6. The van der Waals surface area contributed by atoms with Gasteiger partial charge in [-0.3, -0.25) is 5.43 Å². The number of anilines is 1. The number of nitrogens with zero attached hydrogens (tertiary/aromatic N) is 4. The lowest BCUT2D eigenvalue weighted by molar-refractivity contribution is -0.274. The van der Waals surface area contributed by atoms with Crippen LogP contribution in [-0.2, 0) is 0 Å². The molecule has 11 heteroatoms. The van der Waals surface area contributed by atoms with Gasteiger partial charge in [0, 0.05) is 11.3 Å². The lowest BCUT2D eigenvalue weighted by Crippen LogP contribution is -2.24. The van der Waals surface area contributed by atoms with E-state index in [0.717, 1.165) is 22.4 Å². The van der Waals surface area contributed by atoms with E-state index in [9.17, 15) is 13.2 Å². The minimum atomic E-state index is -4.74. The fourth-order valence-electron chi connectivity index (χ4n) is 3.07. The Labute approximate surface area is 204 Å². The minimum absolute atomic E-state index is 0.306. The smallest absolute Gasteiger partial charge is 0.406 e. The summed E-state index contributed by atoms with van der Waals surface area (Å²) in [6.45, 7) is 1.98. The van der Waals surface area contributed by atoms with Crippen LogP contribution in [-0.4, -0.2) is 32.5 Å². The Morgan fingerprint density at radius 2 is 1.74 bits per heavy atom. The Balaban J connectivity index is 1.35. The summed E-state index contributed by atoms with van der Waals surface area (Å²) in [6, 6.07) is 20.5. The van der Waals surface area contributed by atoms with E-state index in [1.807, 2.05) is 55.5 Å². The summed E-state index contributed by atoms with van der Waals surface area (Å²) in [5.74, 6) is 0.158. The molecule has 0 saturated carbocycles. The van der Waals surface area contributed by atoms with Gasteiger partial charge in [0.05, 0.1) is 11.9 Å². The monoisotopic (exact) mass is 496 g/mol. The number of aryl methyl sites for hydroxylation is 1. The molecule has 0 atom stereocenters. The Hall–Kier alpha value is -4.25. The van der Waals surface area contributed by atoms with Crippen LogP contribution < -0.4 is 15.5 Å². The quantitative estimate of drug-likeness (QED) is 0.210. The third kappa shape index (κ3) is 6.64. The molecule has 0 radical (unpaired) electrons. The largest absolute Gasteiger partial charge is 0.573 e. The van der Waals surface area contributed by atoms with Gasteiger partial charge in [-0.05, 0) is 60.6 Å². The van der Waals surface area contributed by atoms with Gasteiger partial charge in [0.25, 0.3) is 0 Å². The number of hydrazone groups is 1. The second kappa shape index (κ2) is 10.3. The first kappa shape index (κ1) is 23.9. The Bertz CT molecular complexity index is 1330. The maximum Gasteiger partial charge on any atom is 0.573 e. The Morgan fingerprint density at radius 1 is 1.03 bits per heavy atom. The van der Waals surface area contributed by atoms with Crippen molar-refractivity contribution in [3.8, 4) is 22.8 Å². The first-order valence-electron chi connectivity index (χ1n) is 10.3. The molecule has 0 aliphatic rings. The summed E-state index contributed by atoms with van der Waals surface area (Å²) in [6.07, 6.45) is -1.62. The van der Waals surface area contributed by atoms with Crippen LogP contribution in [0.15, 0.2) is 84.2 Å². The zero-order chi connectivity index (χ0) is 24.8. The molecule has 2 N–H and O–H groups in total. The highest BCUT2D eigenvalue weighted by Crippen LogP contribution is 2.24. The summed E-state index contributed by atoms with van der Waals surface area (Å²) < 4.78 is 42.3. The predicted molar refractivity (Wildman–Crippen MR) is 132 cm³/mol. The van der Waals surface area contributed by atoms with Crippen LogP contribution in [0, 0.1) is 6.92 Å². The maximum absolute atomic E-state index is 12.3. The number of aromatic nitrogens is 3. The van der Waals surface area contributed by atoms with Crippen molar-refractivity contribution in [1.82, 2.24) is 20.2 Å². The van der Waals surface area contributed by atoms with E-state index in [1.165, 1.54) is 35.3 Å². The van der Waals surface area contributed by atoms with E-state index >= 15 is 0 Å². The van der Waals surface area contributed by atoms with Crippen LogP contribution in [0.4, 0.5) is 18.9 Å². The van der Waals surface area contributed by atoms with Crippen molar-refractivity contribution in [3.05, 3.63) is 90.3 Å². The first-order chi connectivity index (χ1) is 16.8. The van der Waals surface area contributed by atoms with Crippen LogP contribution in [0.1, 0.15) is 11.1 Å². The lowest BCUT2D eigenvalue weighted by atomic mass is 10.1. The number of halogens is 3.